The lowest BCUT2D eigenvalue weighted by molar-refractivity contribution is -0.696. The quantitative estimate of drug-likeness (QED) is 0.378. The van der Waals surface area contributed by atoms with Gasteiger partial charge in [-0.2, -0.15) is 0 Å². The second kappa shape index (κ2) is 14.4. The number of imidazole rings is 1. The molecule has 0 saturated heterocycles. The molecule has 3 heteroatoms. The molecule has 122 valence electrons. The molecule has 0 amide bonds. The number of rotatable bonds is 13. The lowest BCUT2D eigenvalue weighted by Crippen LogP contribution is -3.00. The first-order chi connectivity index (χ1) is 9.86. The third-order valence-corrected chi connectivity index (χ3v) is 3.94. The molecule has 0 saturated carbocycles. The van der Waals surface area contributed by atoms with E-state index in [1.807, 2.05) is 17.0 Å². The predicted octanol–water partition coefficient (Wildman–Crippen LogP) is 2.19. The summed E-state index contributed by atoms with van der Waals surface area (Å²) >= 11 is 0. The molecule has 1 aromatic rings. The van der Waals surface area contributed by atoms with Gasteiger partial charge in [-0.15, -0.1) is 0 Å². The van der Waals surface area contributed by atoms with Gasteiger partial charge in [0.25, 0.3) is 0 Å². The van der Waals surface area contributed by atoms with Gasteiger partial charge in [-0.05, 0) is 12.8 Å². The van der Waals surface area contributed by atoms with Crippen LogP contribution in [0.4, 0.5) is 0 Å². The molecule has 2 nitrogen and oxygen atoms in total. The molecule has 0 bridgehead atoms. The number of hydrogen-bond acceptors (Lipinski definition) is 0. The highest BCUT2D eigenvalue weighted by molar-refractivity contribution is 5.12. The summed E-state index contributed by atoms with van der Waals surface area (Å²) in [6.45, 7) is 7.17. The zero-order chi connectivity index (χ0) is 14.5. The molecule has 1 heterocycles. The Bertz CT molecular complexity index is 347. The van der Waals surface area contributed by atoms with Gasteiger partial charge in [0.15, 0.2) is 0 Å². The monoisotopic (exact) mass is 356 g/mol. The van der Waals surface area contributed by atoms with E-state index < -0.39 is 0 Å². The molecule has 0 radical (unpaired) electrons. The normalized spacial score (nSPS) is 10.3. The number of aromatic nitrogens is 2. The fraction of sp³-hybridized carbons (Fsp3) is 0.722. The van der Waals surface area contributed by atoms with Crippen molar-refractivity contribution < 1.29 is 21.5 Å². The molecule has 0 aliphatic heterocycles. The minimum Gasteiger partial charge on any atom is -1.00 e. The van der Waals surface area contributed by atoms with E-state index in [9.17, 15) is 0 Å². The van der Waals surface area contributed by atoms with Gasteiger partial charge >= 0.3 is 0 Å². The summed E-state index contributed by atoms with van der Waals surface area (Å²) in [6.07, 6.45) is 23.6. The van der Waals surface area contributed by atoms with Crippen molar-refractivity contribution in [3.05, 3.63) is 25.3 Å². The van der Waals surface area contributed by atoms with Crippen molar-refractivity contribution in [1.29, 1.82) is 0 Å². The summed E-state index contributed by atoms with van der Waals surface area (Å²) in [4.78, 5) is 0. The molecule has 0 aliphatic carbocycles. The average molecular weight is 357 g/mol. The predicted molar refractivity (Wildman–Crippen MR) is 87.5 cm³/mol. The fourth-order valence-electron chi connectivity index (χ4n) is 2.61. The summed E-state index contributed by atoms with van der Waals surface area (Å²) in [5, 5.41) is 0. The van der Waals surface area contributed by atoms with Gasteiger partial charge in [-0.3, -0.25) is 0 Å². The van der Waals surface area contributed by atoms with Gasteiger partial charge < -0.3 is 17.0 Å². The maximum atomic E-state index is 3.76. The zero-order valence-corrected chi connectivity index (χ0v) is 15.4. The minimum absolute atomic E-state index is 0. The van der Waals surface area contributed by atoms with Crippen LogP contribution in [-0.4, -0.2) is 4.57 Å². The molecule has 0 N–H and O–H groups in total. The van der Waals surface area contributed by atoms with Gasteiger partial charge in [0, 0.05) is 0 Å². The topological polar surface area (TPSA) is 8.81 Å². The largest absolute Gasteiger partial charge is 1.00 e. The van der Waals surface area contributed by atoms with Crippen LogP contribution in [0.1, 0.15) is 77.6 Å². The van der Waals surface area contributed by atoms with E-state index in [4.69, 9.17) is 0 Å². The summed E-state index contributed by atoms with van der Waals surface area (Å²) in [7, 11) is 0. The van der Waals surface area contributed by atoms with E-state index in [-0.39, 0.29) is 17.0 Å². The zero-order valence-electron chi connectivity index (χ0n) is 13.8. The van der Waals surface area contributed by atoms with Crippen LogP contribution in [-0.2, 0) is 6.54 Å². The number of nitrogens with zero attached hydrogens (tertiary/aromatic N) is 2. The number of hydrogen-bond donors (Lipinski definition) is 0. The summed E-state index contributed by atoms with van der Waals surface area (Å²) in [5.74, 6) is 0. The molecule has 0 unspecified atom stereocenters. The van der Waals surface area contributed by atoms with Crippen molar-refractivity contribution in [2.24, 2.45) is 0 Å². The highest BCUT2D eigenvalue weighted by Crippen LogP contribution is 2.11. The van der Waals surface area contributed by atoms with Crippen LogP contribution in [0.5, 0.6) is 0 Å². The number of unbranched alkanes of at least 4 members (excludes halogenated alkanes) is 10. The lowest BCUT2D eigenvalue weighted by atomic mass is 10.1. The minimum atomic E-state index is 0. The lowest BCUT2D eigenvalue weighted by Gasteiger charge is -2.02. The Hall–Kier alpha value is -0.570. The maximum Gasteiger partial charge on any atom is 0.248 e. The first-order valence-electron chi connectivity index (χ1n) is 8.56. The van der Waals surface area contributed by atoms with E-state index in [1.165, 1.54) is 70.6 Å². The standard InChI is InChI=1S/C18H33N2.BrH/c1-3-5-6-7-8-9-10-11-12-13-14-15-20-17-16-19(4-2)18-20;/h4,16-18H,2-3,5-15H2,1H3;1H/q+1;/p-1. The van der Waals surface area contributed by atoms with E-state index in [0.29, 0.717) is 0 Å². The van der Waals surface area contributed by atoms with Gasteiger partial charge in [0.2, 0.25) is 6.33 Å². The Labute approximate surface area is 142 Å². The van der Waals surface area contributed by atoms with Crippen molar-refractivity contribution in [1.82, 2.24) is 4.57 Å². The summed E-state index contributed by atoms with van der Waals surface area (Å²) < 4.78 is 4.24. The van der Waals surface area contributed by atoms with Crippen LogP contribution in [0.25, 0.3) is 6.20 Å². The second-order valence-corrected chi connectivity index (χ2v) is 5.82. The molecule has 0 fully saturated rings. The second-order valence-electron chi connectivity index (χ2n) is 5.82. The molecular weight excluding hydrogens is 324 g/mol. The Kier molecular flexibility index (Phi) is 14.0. The van der Waals surface area contributed by atoms with Gasteiger partial charge in [-0.25, -0.2) is 9.13 Å². The number of aryl methyl sites for hydroxylation is 1. The van der Waals surface area contributed by atoms with Crippen LogP contribution >= 0.6 is 0 Å². The Morgan fingerprint density at radius 2 is 1.43 bits per heavy atom. The first kappa shape index (κ1) is 20.4. The van der Waals surface area contributed by atoms with Crippen molar-refractivity contribution in [2.45, 2.75) is 84.1 Å². The molecular formula is C18H33BrN2. The van der Waals surface area contributed by atoms with E-state index in [0.717, 1.165) is 6.54 Å². The van der Waals surface area contributed by atoms with Crippen LogP contribution < -0.4 is 21.5 Å². The maximum absolute atomic E-state index is 3.76. The van der Waals surface area contributed by atoms with Crippen molar-refractivity contribution >= 4 is 6.20 Å². The smallest absolute Gasteiger partial charge is 0.248 e. The Morgan fingerprint density at radius 3 is 1.90 bits per heavy atom. The third-order valence-electron chi connectivity index (χ3n) is 3.94. The van der Waals surface area contributed by atoms with Crippen LogP contribution in [0.15, 0.2) is 25.3 Å². The third kappa shape index (κ3) is 10.8. The molecule has 1 aromatic heterocycles. The van der Waals surface area contributed by atoms with Gasteiger partial charge in [0.05, 0.1) is 12.7 Å². The van der Waals surface area contributed by atoms with Crippen molar-refractivity contribution in [3.63, 3.8) is 0 Å². The average Bonchev–Trinajstić information content (AvgIpc) is 2.93. The van der Waals surface area contributed by atoms with Crippen molar-refractivity contribution in [3.8, 4) is 0 Å². The van der Waals surface area contributed by atoms with Crippen LogP contribution in [0.2, 0.25) is 0 Å². The number of halogens is 1. The summed E-state index contributed by atoms with van der Waals surface area (Å²) in [6, 6.07) is 0. The molecule has 0 aliphatic rings. The van der Waals surface area contributed by atoms with Gasteiger partial charge in [-0.1, -0.05) is 71.3 Å². The highest BCUT2D eigenvalue weighted by atomic mass is 79.9. The first-order valence-corrected chi connectivity index (χ1v) is 8.56. The van der Waals surface area contributed by atoms with Gasteiger partial charge in [0.1, 0.15) is 12.4 Å². The molecule has 0 aromatic carbocycles. The Balaban J connectivity index is 0.00000400. The molecule has 21 heavy (non-hydrogen) atoms. The molecule has 0 spiro atoms. The van der Waals surface area contributed by atoms with E-state index in [1.54, 1.807) is 0 Å². The van der Waals surface area contributed by atoms with Crippen molar-refractivity contribution in [2.75, 3.05) is 0 Å². The fourth-order valence-corrected chi connectivity index (χ4v) is 2.61. The van der Waals surface area contributed by atoms with E-state index >= 15 is 0 Å². The SMILES string of the molecule is C=Cn1cc[n+](CCCCCCCCCCCCC)c1.[Br-]. The summed E-state index contributed by atoms with van der Waals surface area (Å²) in [5.41, 5.74) is 0. The Morgan fingerprint density at radius 1 is 0.905 bits per heavy atom. The molecule has 0 atom stereocenters. The van der Waals surface area contributed by atoms with E-state index in [2.05, 4.69) is 30.6 Å². The van der Waals surface area contributed by atoms with Crippen LogP contribution in [0, 0.1) is 0 Å². The van der Waals surface area contributed by atoms with Crippen LogP contribution in [0.3, 0.4) is 0 Å². The molecule has 1 rings (SSSR count). The highest BCUT2D eigenvalue weighted by Gasteiger charge is 2.00.